The molecule has 0 saturated heterocycles. The highest BCUT2D eigenvalue weighted by Gasteiger charge is 2.35. The number of amides is 2. The highest BCUT2D eigenvalue weighted by Crippen LogP contribution is 2.31. The fourth-order valence-corrected chi connectivity index (χ4v) is 5.03. The summed E-state index contributed by atoms with van der Waals surface area (Å²) in [6.45, 7) is 4.53. The van der Waals surface area contributed by atoms with E-state index < -0.39 is 0 Å². The molecule has 1 fully saturated rings. The Morgan fingerprint density at radius 1 is 1.26 bits per heavy atom. The number of rotatable bonds is 6. The van der Waals surface area contributed by atoms with E-state index in [4.69, 9.17) is 4.74 Å². The molecule has 3 atom stereocenters. The predicted octanol–water partition coefficient (Wildman–Crippen LogP) is 3.40. The minimum Gasteiger partial charge on any atom is -0.472 e. The molecule has 3 heterocycles. The van der Waals surface area contributed by atoms with Crippen molar-refractivity contribution < 1.29 is 19.4 Å². The quantitative estimate of drug-likeness (QED) is 0.681. The molecule has 1 aliphatic heterocycles. The molecule has 1 N–H and O–H groups in total. The molecule has 8 nitrogen and oxygen atoms in total. The first-order valence-electron chi connectivity index (χ1n) is 12.6. The summed E-state index contributed by atoms with van der Waals surface area (Å²) >= 11 is 0. The van der Waals surface area contributed by atoms with Crippen molar-refractivity contribution in [1.82, 2.24) is 19.8 Å². The molecule has 2 aromatic heterocycles. The van der Waals surface area contributed by atoms with Gasteiger partial charge in [-0.05, 0) is 31.9 Å². The van der Waals surface area contributed by atoms with Crippen LogP contribution in [0.3, 0.4) is 0 Å². The molecule has 0 aromatic carbocycles. The van der Waals surface area contributed by atoms with Gasteiger partial charge in [-0.15, -0.1) is 0 Å². The largest absolute Gasteiger partial charge is 0.472 e. The van der Waals surface area contributed by atoms with E-state index in [1.807, 2.05) is 33.0 Å². The van der Waals surface area contributed by atoms with Crippen molar-refractivity contribution in [2.45, 2.75) is 58.1 Å². The number of aliphatic hydroxyl groups excluding tert-OH is 1. The van der Waals surface area contributed by atoms with Crippen molar-refractivity contribution in [3.63, 3.8) is 0 Å². The van der Waals surface area contributed by atoms with Gasteiger partial charge in [0.1, 0.15) is 11.7 Å². The molecule has 8 heteroatoms. The van der Waals surface area contributed by atoms with E-state index >= 15 is 0 Å². The topological polar surface area (TPSA) is 95.9 Å². The molecule has 0 bridgehead atoms. The van der Waals surface area contributed by atoms with Crippen molar-refractivity contribution in [1.29, 1.82) is 0 Å². The number of aliphatic hydroxyl groups is 1. The van der Waals surface area contributed by atoms with Gasteiger partial charge in [-0.25, -0.2) is 4.98 Å². The fourth-order valence-electron chi connectivity index (χ4n) is 5.03. The van der Waals surface area contributed by atoms with Gasteiger partial charge in [-0.1, -0.05) is 32.3 Å². The summed E-state index contributed by atoms with van der Waals surface area (Å²) in [4.78, 5) is 38.8. The maximum Gasteiger partial charge on any atom is 0.259 e. The predicted molar refractivity (Wildman–Crippen MR) is 133 cm³/mol. The number of likely N-dealkylation sites (N-methyl/N-ethyl adjacent to an activating group) is 1. The number of nitrogens with zero attached hydrogens (tertiary/aromatic N) is 4. The molecule has 2 amide bonds. The Bertz CT molecular complexity index is 1030. The van der Waals surface area contributed by atoms with Crippen molar-refractivity contribution in [2.24, 2.45) is 11.8 Å². The lowest BCUT2D eigenvalue weighted by Gasteiger charge is -2.38. The normalized spacial score (nSPS) is 21.9. The minimum atomic E-state index is -0.361. The third-order valence-corrected chi connectivity index (χ3v) is 7.30. The molecule has 0 unspecified atom stereocenters. The number of ether oxygens (including phenoxy) is 1. The monoisotopic (exact) mass is 480 g/mol. The van der Waals surface area contributed by atoms with Crippen LogP contribution in [0.15, 0.2) is 36.8 Å². The third-order valence-electron chi connectivity index (χ3n) is 7.30. The molecule has 0 spiro atoms. The van der Waals surface area contributed by atoms with E-state index in [0.29, 0.717) is 18.7 Å². The van der Waals surface area contributed by atoms with Crippen LogP contribution in [0.2, 0.25) is 0 Å². The van der Waals surface area contributed by atoms with Gasteiger partial charge < -0.3 is 19.6 Å². The van der Waals surface area contributed by atoms with E-state index in [9.17, 15) is 14.7 Å². The van der Waals surface area contributed by atoms with Crippen molar-refractivity contribution >= 4 is 11.8 Å². The maximum atomic E-state index is 13.6. The van der Waals surface area contributed by atoms with Crippen molar-refractivity contribution in [3.05, 3.63) is 42.4 Å². The summed E-state index contributed by atoms with van der Waals surface area (Å²) in [5.74, 6) is 0.212. The van der Waals surface area contributed by atoms with Crippen molar-refractivity contribution in [3.8, 4) is 17.0 Å². The van der Waals surface area contributed by atoms with E-state index in [1.54, 1.807) is 34.5 Å². The van der Waals surface area contributed by atoms with Gasteiger partial charge in [0.2, 0.25) is 11.8 Å². The Hall–Kier alpha value is -3.00. The molecule has 0 radical (unpaired) electrons. The Balaban J connectivity index is 1.64. The van der Waals surface area contributed by atoms with Gasteiger partial charge in [-0.2, -0.15) is 0 Å². The molecule has 2 aliphatic rings. The summed E-state index contributed by atoms with van der Waals surface area (Å²) in [5.41, 5.74) is 1.96. The van der Waals surface area contributed by atoms with Gasteiger partial charge in [0, 0.05) is 55.1 Å². The van der Waals surface area contributed by atoms with Crippen LogP contribution >= 0.6 is 0 Å². The first-order valence-corrected chi connectivity index (χ1v) is 12.6. The van der Waals surface area contributed by atoms with Gasteiger partial charge in [0.25, 0.3) is 5.91 Å². The number of hydrogen-bond acceptors (Lipinski definition) is 6. The second-order valence-corrected chi connectivity index (χ2v) is 9.99. The van der Waals surface area contributed by atoms with E-state index in [1.165, 1.54) is 6.42 Å². The number of hydrogen-bond donors (Lipinski definition) is 1. The number of carbonyl (C=O) groups excluding carboxylic acids is 2. The zero-order valence-corrected chi connectivity index (χ0v) is 20.9. The Morgan fingerprint density at radius 2 is 2.03 bits per heavy atom. The fraction of sp³-hybridized carbons (Fsp3) is 0.556. The number of carbonyl (C=O) groups is 2. The van der Waals surface area contributed by atoms with Gasteiger partial charge in [0.15, 0.2) is 0 Å². The smallest absolute Gasteiger partial charge is 0.259 e. The Kier molecular flexibility index (Phi) is 8.00. The van der Waals surface area contributed by atoms with Crippen LogP contribution in [0, 0.1) is 11.8 Å². The highest BCUT2D eigenvalue weighted by atomic mass is 16.5. The molecular weight excluding hydrogens is 444 g/mol. The summed E-state index contributed by atoms with van der Waals surface area (Å²) < 4.78 is 6.35. The molecular formula is C27H36N4O4. The highest BCUT2D eigenvalue weighted by molar-refractivity contribution is 5.98. The van der Waals surface area contributed by atoms with Gasteiger partial charge in [0.05, 0.1) is 19.2 Å². The lowest BCUT2D eigenvalue weighted by atomic mass is 9.88. The summed E-state index contributed by atoms with van der Waals surface area (Å²) in [7, 11) is 1.84. The van der Waals surface area contributed by atoms with E-state index in [0.717, 1.165) is 36.8 Å². The van der Waals surface area contributed by atoms with E-state index in [-0.39, 0.29) is 48.3 Å². The molecule has 1 aliphatic carbocycles. The van der Waals surface area contributed by atoms with Crippen LogP contribution in [-0.2, 0) is 4.79 Å². The number of pyridine rings is 2. The van der Waals surface area contributed by atoms with Gasteiger partial charge in [-0.3, -0.25) is 14.6 Å². The summed E-state index contributed by atoms with van der Waals surface area (Å²) in [5, 5.41) is 9.86. The maximum absolute atomic E-state index is 13.6. The van der Waals surface area contributed by atoms with E-state index in [2.05, 4.69) is 9.97 Å². The number of aromatic nitrogens is 2. The summed E-state index contributed by atoms with van der Waals surface area (Å²) in [6, 6.07) is 5.17. The molecule has 35 heavy (non-hydrogen) atoms. The van der Waals surface area contributed by atoms with Crippen LogP contribution in [-0.4, -0.2) is 75.6 Å². The molecule has 1 saturated carbocycles. The second-order valence-electron chi connectivity index (χ2n) is 9.99. The van der Waals surface area contributed by atoms with Crippen LogP contribution in [0.5, 0.6) is 5.88 Å². The molecule has 188 valence electrons. The first-order chi connectivity index (χ1) is 16.9. The lowest BCUT2D eigenvalue weighted by Crippen LogP contribution is -2.51. The standard InChI is InChI=1S/C27H36N4O4/c1-18-15-31(19(2)17-32)27(34)23-12-22(21-10-7-11-28-13-21)14-29-25(23)35-24(18)16-30(3)26(33)20-8-5-4-6-9-20/h7,10-14,18-20,24,32H,4-6,8-9,15-17H2,1-3H3/t18-,19+,24+/m1/s1. The molecule has 4 rings (SSSR count). The van der Waals surface area contributed by atoms with Crippen molar-refractivity contribution in [2.75, 3.05) is 26.7 Å². The van der Waals surface area contributed by atoms with Crippen LogP contribution < -0.4 is 4.74 Å². The average Bonchev–Trinajstić information content (AvgIpc) is 2.90. The molecule has 2 aromatic rings. The van der Waals surface area contributed by atoms with Crippen LogP contribution in [0.25, 0.3) is 11.1 Å². The minimum absolute atomic E-state index is 0.0671. The zero-order chi connectivity index (χ0) is 24.9. The SMILES string of the molecule is C[C@@H]1CN([C@@H](C)CO)C(=O)c2cc(-c3cccnc3)cnc2O[C@H]1CN(C)C(=O)C1CCCCC1. The first kappa shape index (κ1) is 25.1. The number of fused-ring (bicyclic) bond motifs is 1. The lowest BCUT2D eigenvalue weighted by molar-refractivity contribution is -0.136. The summed E-state index contributed by atoms with van der Waals surface area (Å²) in [6.07, 6.45) is 10.1. The third kappa shape index (κ3) is 5.64. The van der Waals surface area contributed by atoms with Crippen LogP contribution in [0.1, 0.15) is 56.3 Å². The Labute approximate surface area is 207 Å². The zero-order valence-electron chi connectivity index (χ0n) is 20.9. The van der Waals surface area contributed by atoms with Crippen LogP contribution in [0.4, 0.5) is 0 Å². The second kappa shape index (κ2) is 11.2. The average molecular weight is 481 g/mol. The van der Waals surface area contributed by atoms with Gasteiger partial charge >= 0.3 is 0 Å². The Morgan fingerprint density at radius 3 is 2.71 bits per heavy atom.